The van der Waals surface area contributed by atoms with E-state index in [1.807, 2.05) is 11.8 Å². The van der Waals surface area contributed by atoms with Crippen LogP contribution in [0.5, 0.6) is 5.75 Å². The summed E-state index contributed by atoms with van der Waals surface area (Å²) in [6.07, 6.45) is 2.32. The summed E-state index contributed by atoms with van der Waals surface area (Å²) in [6, 6.07) is 4.26. The Kier molecular flexibility index (Phi) is 4.47. The number of amides is 1. The second-order valence-electron chi connectivity index (χ2n) is 4.19. The van der Waals surface area contributed by atoms with Gasteiger partial charge in [-0.15, -0.1) is 0 Å². The molecule has 1 saturated heterocycles. The van der Waals surface area contributed by atoms with Crippen LogP contribution in [0.25, 0.3) is 0 Å². The minimum atomic E-state index is -0.550. The average molecular weight is 269 g/mol. The quantitative estimate of drug-likeness (QED) is 0.912. The molecule has 5 heteroatoms. The van der Waals surface area contributed by atoms with E-state index in [-0.39, 0.29) is 11.5 Å². The highest BCUT2D eigenvalue weighted by Gasteiger charge is 2.18. The van der Waals surface area contributed by atoms with Crippen LogP contribution in [0.3, 0.4) is 0 Å². The molecule has 0 bridgehead atoms. The molecule has 1 atom stereocenters. The number of carbonyl (C=O) groups is 1. The summed E-state index contributed by atoms with van der Waals surface area (Å²) >= 11 is 1.86. The molecular weight excluding hydrogens is 253 g/mol. The summed E-state index contributed by atoms with van der Waals surface area (Å²) in [7, 11) is 1.46. The first-order valence-electron chi connectivity index (χ1n) is 5.94. The maximum atomic E-state index is 13.6. The zero-order chi connectivity index (χ0) is 13.0. The molecule has 1 heterocycles. The van der Waals surface area contributed by atoms with Crippen molar-refractivity contribution in [2.75, 3.05) is 19.4 Å². The first-order chi connectivity index (χ1) is 8.70. The maximum Gasteiger partial charge on any atom is 0.254 e. The molecule has 1 fully saturated rings. The van der Waals surface area contributed by atoms with Crippen molar-refractivity contribution < 1.29 is 13.9 Å². The van der Waals surface area contributed by atoms with Crippen molar-refractivity contribution in [1.29, 1.82) is 0 Å². The average Bonchev–Trinajstić information content (AvgIpc) is 2.88. The van der Waals surface area contributed by atoms with Crippen LogP contribution in [-0.4, -0.2) is 30.6 Å². The van der Waals surface area contributed by atoms with Gasteiger partial charge in [-0.25, -0.2) is 4.39 Å². The van der Waals surface area contributed by atoms with Crippen molar-refractivity contribution in [3.05, 3.63) is 29.6 Å². The fourth-order valence-electron chi connectivity index (χ4n) is 1.91. The lowest BCUT2D eigenvalue weighted by atomic mass is 10.2. The van der Waals surface area contributed by atoms with Gasteiger partial charge in [-0.05, 0) is 30.7 Å². The Bertz CT molecular complexity index is 433. The molecular formula is C13H16FNO2S. The summed E-state index contributed by atoms with van der Waals surface area (Å²) in [5.74, 6) is 0.654. The van der Waals surface area contributed by atoms with E-state index in [1.165, 1.54) is 25.7 Å². The van der Waals surface area contributed by atoms with Crippen LogP contribution in [0.1, 0.15) is 23.2 Å². The number of rotatable bonds is 4. The lowest BCUT2D eigenvalue weighted by molar-refractivity contribution is 0.0949. The van der Waals surface area contributed by atoms with Gasteiger partial charge in [0.1, 0.15) is 11.6 Å². The van der Waals surface area contributed by atoms with Gasteiger partial charge < -0.3 is 10.1 Å². The second kappa shape index (κ2) is 6.09. The van der Waals surface area contributed by atoms with E-state index >= 15 is 0 Å². The number of hydrogen-bond acceptors (Lipinski definition) is 3. The monoisotopic (exact) mass is 269 g/mol. The van der Waals surface area contributed by atoms with Crippen LogP contribution >= 0.6 is 11.8 Å². The van der Waals surface area contributed by atoms with Crippen molar-refractivity contribution in [3.63, 3.8) is 0 Å². The molecule has 0 spiro atoms. The van der Waals surface area contributed by atoms with E-state index in [4.69, 9.17) is 4.74 Å². The molecule has 0 aromatic heterocycles. The van der Waals surface area contributed by atoms with Gasteiger partial charge in [0.15, 0.2) is 0 Å². The molecule has 1 aliphatic heterocycles. The molecule has 0 aliphatic carbocycles. The molecule has 1 aliphatic rings. The zero-order valence-electron chi connectivity index (χ0n) is 10.2. The Morgan fingerprint density at radius 1 is 1.61 bits per heavy atom. The van der Waals surface area contributed by atoms with Crippen molar-refractivity contribution in [3.8, 4) is 5.75 Å². The third kappa shape index (κ3) is 3.16. The summed E-state index contributed by atoms with van der Waals surface area (Å²) in [5.41, 5.74) is 0.0683. The number of nitrogens with one attached hydrogen (secondary N) is 1. The van der Waals surface area contributed by atoms with Gasteiger partial charge in [-0.2, -0.15) is 11.8 Å². The number of thioether (sulfide) groups is 1. The predicted octanol–water partition coefficient (Wildman–Crippen LogP) is 2.46. The third-order valence-corrected chi connectivity index (χ3v) is 4.33. The molecule has 1 unspecified atom stereocenters. The molecule has 0 radical (unpaired) electrons. The Morgan fingerprint density at radius 3 is 3.06 bits per heavy atom. The molecule has 98 valence electrons. The predicted molar refractivity (Wildman–Crippen MR) is 70.8 cm³/mol. The van der Waals surface area contributed by atoms with Crippen molar-refractivity contribution in [2.45, 2.75) is 18.1 Å². The standard InChI is InChI=1S/C13H16FNO2S/c1-17-9-4-5-11(12(14)7-9)13(16)15-8-10-3-2-6-18-10/h4-5,7,10H,2-3,6,8H2,1H3,(H,15,16). The lowest BCUT2D eigenvalue weighted by Gasteiger charge is -2.11. The maximum absolute atomic E-state index is 13.6. The SMILES string of the molecule is COc1ccc(C(=O)NCC2CCCS2)c(F)c1. The van der Waals surface area contributed by atoms with Gasteiger partial charge >= 0.3 is 0 Å². The molecule has 18 heavy (non-hydrogen) atoms. The van der Waals surface area contributed by atoms with Crippen LogP contribution in [-0.2, 0) is 0 Å². The van der Waals surface area contributed by atoms with Crippen LogP contribution in [0, 0.1) is 5.82 Å². The van der Waals surface area contributed by atoms with Gasteiger partial charge in [0.05, 0.1) is 12.7 Å². The number of ether oxygens (including phenoxy) is 1. The lowest BCUT2D eigenvalue weighted by Crippen LogP contribution is -2.30. The number of benzene rings is 1. The number of methoxy groups -OCH3 is 1. The van der Waals surface area contributed by atoms with Crippen molar-refractivity contribution in [1.82, 2.24) is 5.32 Å². The highest BCUT2D eigenvalue weighted by atomic mass is 32.2. The number of halogens is 1. The number of carbonyl (C=O) groups excluding carboxylic acids is 1. The van der Waals surface area contributed by atoms with Crippen LogP contribution in [0.4, 0.5) is 4.39 Å². The Hall–Kier alpha value is -1.23. The molecule has 1 aromatic carbocycles. The first kappa shape index (κ1) is 13.2. The smallest absolute Gasteiger partial charge is 0.254 e. The Morgan fingerprint density at radius 2 is 2.44 bits per heavy atom. The van der Waals surface area contributed by atoms with Crippen molar-refractivity contribution in [2.24, 2.45) is 0 Å². The van der Waals surface area contributed by atoms with Crippen LogP contribution < -0.4 is 10.1 Å². The van der Waals surface area contributed by atoms with Crippen LogP contribution in [0.15, 0.2) is 18.2 Å². The highest BCUT2D eigenvalue weighted by molar-refractivity contribution is 8.00. The van der Waals surface area contributed by atoms with E-state index in [0.29, 0.717) is 17.5 Å². The summed E-state index contributed by atoms with van der Waals surface area (Å²) in [6.45, 7) is 0.606. The molecule has 1 aromatic rings. The highest BCUT2D eigenvalue weighted by Crippen LogP contribution is 2.25. The molecule has 0 saturated carbocycles. The second-order valence-corrected chi connectivity index (χ2v) is 5.60. The number of hydrogen-bond donors (Lipinski definition) is 1. The topological polar surface area (TPSA) is 38.3 Å². The van der Waals surface area contributed by atoms with E-state index in [9.17, 15) is 9.18 Å². The normalized spacial score (nSPS) is 18.7. The molecule has 3 nitrogen and oxygen atoms in total. The fourth-order valence-corrected chi connectivity index (χ4v) is 3.12. The van der Waals surface area contributed by atoms with Crippen LogP contribution in [0.2, 0.25) is 0 Å². The first-order valence-corrected chi connectivity index (χ1v) is 6.99. The summed E-state index contributed by atoms with van der Waals surface area (Å²) in [5, 5.41) is 3.25. The van der Waals surface area contributed by atoms with E-state index < -0.39 is 5.82 Å². The fraction of sp³-hybridized carbons (Fsp3) is 0.462. The van der Waals surface area contributed by atoms with Crippen molar-refractivity contribution >= 4 is 17.7 Å². The molecule has 1 amide bonds. The van der Waals surface area contributed by atoms with Gasteiger partial charge in [0.2, 0.25) is 0 Å². The summed E-state index contributed by atoms with van der Waals surface area (Å²) < 4.78 is 18.5. The van der Waals surface area contributed by atoms with Gasteiger partial charge in [0, 0.05) is 17.9 Å². The minimum absolute atomic E-state index is 0.0683. The Balaban J connectivity index is 1.95. The van der Waals surface area contributed by atoms with Gasteiger partial charge in [-0.1, -0.05) is 0 Å². The van der Waals surface area contributed by atoms with E-state index in [2.05, 4.69) is 5.32 Å². The largest absolute Gasteiger partial charge is 0.497 e. The molecule has 2 rings (SSSR count). The van der Waals surface area contributed by atoms with E-state index in [0.717, 1.165) is 12.2 Å². The third-order valence-electron chi connectivity index (χ3n) is 2.94. The van der Waals surface area contributed by atoms with E-state index in [1.54, 1.807) is 6.07 Å². The minimum Gasteiger partial charge on any atom is -0.497 e. The van der Waals surface area contributed by atoms with Gasteiger partial charge in [-0.3, -0.25) is 4.79 Å². The Labute approximate surface area is 110 Å². The summed E-state index contributed by atoms with van der Waals surface area (Å²) in [4.78, 5) is 11.8. The molecule has 1 N–H and O–H groups in total. The van der Waals surface area contributed by atoms with Gasteiger partial charge in [0.25, 0.3) is 5.91 Å². The zero-order valence-corrected chi connectivity index (χ0v) is 11.1.